The topological polar surface area (TPSA) is 128 Å². The molecule has 8 nitrogen and oxygen atoms in total. The fourth-order valence-electron chi connectivity index (χ4n) is 1.40. The number of nitrogens with zero attached hydrogens (tertiary/aromatic N) is 3. The molecule has 1 amide bonds. The molecule has 2 N–H and O–H groups in total. The summed E-state index contributed by atoms with van der Waals surface area (Å²) in [6.07, 6.45) is 1.09. The highest BCUT2D eigenvalue weighted by Gasteiger charge is 2.19. The van der Waals surface area contributed by atoms with Crippen LogP contribution in [0.2, 0.25) is 0 Å². The minimum atomic E-state index is -0.883. The van der Waals surface area contributed by atoms with Gasteiger partial charge in [-0.1, -0.05) is 0 Å². The smallest absolute Gasteiger partial charge is 0.315 e. The van der Waals surface area contributed by atoms with E-state index in [9.17, 15) is 25.1 Å². The largest absolute Gasteiger partial charge is 0.504 e. The van der Waals surface area contributed by atoms with E-state index in [-0.39, 0.29) is 11.1 Å². The Hall–Kier alpha value is -3.08. The Bertz CT molecular complexity index is 643. The summed E-state index contributed by atoms with van der Waals surface area (Å²) >= 11 is 0. The van der Waals surface area contributed by atoms with Crippen molar-refractivity contribution in [1.29, 1.82) is 5.26 Å². The first kappa shape index (κ1) is 15.0. The third-order valence-electron chi connectivity index (χ3n) is 2.36. The molecule has 0 aliphatic heterocycles. The number of nitriles is 1. The van der Waals surface area contributed by atoms with E-state index < -0.39 is 28.0 Å². The molecule has 0 aromatic heterocycles. The van der Waals surface area contributed by atoms with Crippen LogP contribution in [-0.4, -0.2) is 40.0 Å². The first-order valence-electron chi connectivity index (χ1n) is 5.31. The van der Waals surface area contributed by atoms with Crippen molar-refractivity contribution in [3.05, 3.63) is 33.4 Å². The average molecular weight is 277 g/mol. The van der Waals surface area contributed by atoms with Gasteiger partial charge in [-0.15, -0.1) is 0 Å². The van der Waals surface area contributed by atoms with Crippen LogP contribution in [0.25, 0.3) is 6.08 Å². The fraction of sp³-hybridized carbons (Fsp3) is 0.167. The summed E-state index contributed by atoms with van der Waals surface area (Å²) < 4.78 is 0. The van der Waals surface area contributed by atoms with Gasteiger partial charge in [0.25, 0.3) is 5.91 Å². The molecular formula is C12H11N3O5. The molecule has 1 rings (SSSR count). The molecule has 104 valence electrons. The molecule has 0 atom stereocenters. The summed E-state index contributed by atoms with van der Waals surface area (Å²) in [4.78, 5) is 22.6. The Labute approximate surface area is 113 Å². The van der Waals surface area contributed by atoms with Crippen LogP contribution in [0.4, 0.5) is 5.69 Å². The highest BCUT2D eigenvalue weighted by Crippen LogP contribution is 2.36. The van der Waals surface area contributed by atoms with Gasteiger partial charge in [0, 0.05) is 20.2 Å². The lowest BCUT2D eigenvalue weighted by Crippen LogP contribution is -2.22. The Kier molecular flexibility index (Phi) is 4.27. The van der Waals surface area contributed by atoms with Crippen LogP contribution in [0.3, 0.4) is 0 Å². The number of rotatable bonds is 3. The Morgan fingerprint density at radius 2 is 2.05 bits per heavy atom. The zero-order valence-electron chi connectivity index (χ0n) is 10.7. The van der Waals surface area contributed by atoms with Crippen molar-refractivity contribution in [2.45, 2.75) is 0 Å². The first-order valence-corrected chi connectivity index (χ1v) is 5.31. The molecule has 0 aliphatic carbocycles. The molecule has 0 bridgehead atoms. The molecule has 20 heavy (non-hydrogen) atoms. The van der Waals surface area contributed by atoms with Crippen LogP contribution < -0.4 is 0 Å². The highest BCUT2D eigenvalue weighted by molar-refractivity contribution is 6.01. The van der Waals surface area contributed by atoms with Crippen LogP contribution in [-0.2, 0) is 4.79 Å². The zero-order chi connectivity index (χ0) is 15.4. The molecule has 0 radical (unpaired) electrons. The summed E-state index contributed by atoms with van der Waals surface area (Å²) in [6, 6.07) is 3.64. The van der Waals surface area contributed by atoms with E-state index in [4.69, 9.17) is 5.26 Å². The molecule has 8 heteroatoms. The Balaban J connectivity index is 3.38. The molecular weight excluding hydrogens is 266 g/mol. The monoisotopic (exact) mass is 277 g/mol. The van der Waals surface area contributed by atoms with Crippen LogP contribution in [0, 0.1) is 21.4 Å². The number of phenolic OH excluding ortho intramolecular Hbond substituents is 2. The van der Waals surface area contributed by atoms with Crippen molar-refractivity contribution in [1.82, 2.24) is 4.90 Å². The van der Waals surface area contributed by atoms with Gasteiger partial charge >= 0.3 is 5.69 Å². The average Bonchev–Trinajstić information content (AvgIpc) is 2.38. The van der Waals surface area contributed by atoms with Gasteiger partial charge in [0.05, 0.1) is 4.92 Å². The van der Waals surface area contributed by atoms with Gasteiger partial charge in [-0.2, -0.15) is 5.26 Å². The lowest BCUT2D eigenvalue weighted by atomic mass is 10.1. The van der Waals surface area contributed by atoms with Crippen molar-refractivity contribution < 1.29 is 19.9 Å². The first-order chi connectivity index (χ1) is 9.27. The van der Waals surface area contributed by atoms with Crippen LogP contribution in [0.5, 0.6) is 11.5 Å². The quantitative estimate of drug-likeness (QED) is 0.279. The van der Waals surface area contributed by atoms with Gasteiger partial charge in [-0.25, -0.2) is 0 Å². The van der Waals surface area contributed by atoms with Gasteiger partial charge in [0.2, 0.25) is 5.75 Å². The summed E-state index contributed by atoms with van der Waals surface area (Å²) in [5.41, 5.74) is -0.918. The lowest BCUT2D eigenvalue weighted by molar-refractivity contribution is -0.386. The molecule has 0 aliphatic rings. The third-order valence-corrected chi connectivity index (χ3v) is 2.36. The predicted molar refractivity (Wildman–Crippen MR) is 68.7 cm³/mol. The number of benzene rings is 1. The second kappa shape index (κ2) is 5.71. The van der Waals surface area contributed by atoms with Crippen LogP contribution >= 0.6 is 0 Å². The minimum Gasteiger partial charge on any atom is -0.504 e. The molecule has 0 heterocycles. The molecule has 1 aromatic carbocycles. The normalized spacial score (nSPS) is 10.8. The highest BCUT2D eigenvalue weighted by atomic mass is 16.6. The third kappa shape index (κ3) is 3.02. The number of hydrogen-bond acceptors (Lipinski definition) is 6. The van der Waals surface area contributed by atoms with Gasteiger partial charge in [-0.05, 0) is 17.7 Å². The second-order valence-electron chi connectivity index (χ2n) is 4.03. The van der Waals surface area contributed by atoms with E-state index in [1.54, 1.807) is 6.07 Å². The summed E-state index contributed by atoms with van der Waals surface area (Å²) in [7, 11) is 2.90. The van der Waals surface area contributed by atoms with Gasteiger partial charge in [0.15, 0.2) is 5.75 Å². The van der Waals surface area contributed by atoms with Gasteiger partial charge in [0.1, 0.15) is 11.6 Å². The number of phenols is 2. The summed E-state index contributed by atoms with van der Waals surface area (Å²) in [5, 5.41) is 38.3. The van der Waals surface area contributed by atoms with Gasteiger partial charge < -0.3 is 15.1 Å². The Morgan fingerprint density at radius 3 is 2.50 bits per heavy atom. The fourth-order valence-corrected chi connectivity index (χ4v) is 1.40. The van der Waals surface area contributed by atoms with Crippen molar-refractivity contribution in [2.24, 2.45) is 0 Å². The molecule has 1 aromatic rings. The summed E-state index contributed by atoms with van der Waals surface area (Å²) in [6.45, 7) is 0. The molecule has 0 fully saturated rings. The number of hydrogen-bond donors (Lipinski definition) is 2. The number of nitro groups is 1. The molecule has 0 saturated carbocycles. The number of nitro benzene ring substituents is 1. The number of carbonyl (C=O) groups is 1. The molecule has 0 unspecified atom stereocenters. The maximum Gasteiger partial charge on any atom is 0.315 e. The number of amides is 1. The van der Waals surface area contributed by atoms with E-state index in [0.717, 1.165) is 18.2 Å². The maximum absolute atomic E-state index is 11.6. The second-order valence-corrected chi connectivity index (χ2v) is 4.03. The SMILES string of the molecule is CN(C)C(=O)/C(C#N)=C/c1cc(O)c(O)c([N+](=O)[O-])c1. The van der Waals surface area contributed by atoms with Crippen LogP contribution in [0.15, 0.2) is 17.7 Å². The van der Waals surface area contributed by atoms with E-state index in [1.165, 1.54) is 19.0 Å². The number of aromatic hydroxyl groups is 2. The van der Waals surface area contributed by atoms with E-state index in [1.807, 2.05) is 0 Å². The van der Waals surface area contributed by atoms with Gasteiger partial charge in [-0.3, -0.25) is 14.9 Å². The van der Waals surface area contributed by atoms with E-state index in [2.05, 4.69) is 0 Å². The summed E-state index contributed by atoms with van der Waals surface area (Å²) in [5.74, 6) is -2.16. The van der Waals surface area contributed by atoms with Crippen molar-refractivity contribution >= 4 is 17.7 Å². The standard InChI is InChI=1S/C12H11N3O5/c1-14(2)12(18)8(6-13)3-7-4-9(15(19)20)11(17)10(16)5-7/h3-5,16-17H,1-2H3/b8-3+. The predicted octanol–water partition coefficient (Wildman–Crippen LogP) is 1.00. The van der Waals surface area contributed by atoms with Crippen molar-refractivity contribution in [2.75, 3.05) is 14.1 Å². The maximum atomic E-state index is 11.6. The zero-order valence-corrected chi connectivity index (χ0v) is 10.7. The van der Waals surface area contributed by atoms with Crippen molar-refractivity contribution in [3.63, 3.8) is 0 Å². The molecule has 0 spiro atoms. The lowest BCUT2D eigenvalue weighted by Gasteiger charge is -2.08. The minimum absolute atomic E-state index is 0.0544. The van der Waals surface area contributed by atoms with E-state index >= 15 is 0 Å². The van der Waals surface area contributed by atoms with Crippen LogP contribution in [0.1, 0.15) is 5.56 Å². The van der Waals surface area contributed by atoms with Crippen molar-refractivity contribution in [3.8, 4) is 17.6 Å². The number of likely N-dealkylation sites (N-methyl/N-ethyl adjacent to an activating group) is 1. The molecule has 0 saturated heterocycles. The number of carbonyl (C=O) groups excluding carboxylic acids is 1. The Morgan fingerprint density at radius 1 is 1.45 bits per heavy atom. The van der Waals surface area contributed by atoms with E-state index in [0.29, 0.717) is 0 Å².